The molecule has 2 N–H and O–H groups in total. The SMILES string of the molecule is CC(Nc1ncc([N+](=O)[O-])c(NC2CC2)n1)c1ccccc1Br. The fourth-order valence-corrected chi connectivity index (χ4v) is 2.83. The predicted molar refractivity (Wildman–Crippen MR) is 91.5 cm³/mol. The topological polar surface area (TPSA) is 93.0 Å². The van der Waals surface area contributed by atoms with E-state index < -0.39 is 4.92 Å². The van der Waals surface area contributed by atoms with Crippen LogP contribution in [-0.2, 0) is 0 Å². The molecule has 1 aliphatic rings. The molecule has 7 nitrogen and oxygen atoms in total. The van der Waals surface area contributed by atoms with E-state index in [1.807, 2.05) is 31.2 Å². The van der Waals surface area contributed by atoms with E-state index in [9.17, 15) is 10.1 Å². The first-order valence-corrected chi connectivity index (χ1v) is 8.13. The Morgan fingerprint density at radius 3 is 2.78 bits per heavy atom. The first-order chi connectivity index (χ1) is 11.0. The van der Waals surface area contributed by atoms with Gasteiger partial charge in [0.15, 0.2) is 0 Å². The van der Waals surface area contributed by atoms with Crippen LogP contribution < -0.4 is 10.6 Å². The Morgan fingerprint density at radius 2 is 2.13 bits per heavy atom. The fourth-order valence-electron chi connectivity index (χ4n) is 2.20. The standard InChI is InChI=1S/C15H16BrN5O2/c1-9(11-4-2-3-5-12(11)16)18-15-17-8-13(21(22)23)14(20-15)19-10-6-7-10/h2-5,8-10H,6-7H2,1H3,(H2,17,18,19,20). The van der Waals surface area contributed by atoms with Crippen LogP contribution in [0.2, 0.25) is 0 Å². The van der Waals surface area contributed by atoms with Crippen molar-refractivity contribution in [2.24, 2.45) is 0 Å². The van der Waals surface area contributed by atoms with Gasteiger partial charge in [-0.3, -0.25) is 10.1 Å². The van der Waals surface area contributed by atoms with Crippen molar-refractivity contribution in [1.29, 1.82) is 0 Å². The molecule has 23 heavy (non-hydrogen) atoms. The molecular formula is C15H16BrN5O2. The minimum atomic E-state index is -0.467. The number of benzene rings is 1. The van der Waals surface area contributed by atoms with Gasteiger partial charge in [0.1, 0.15) is 6.20 Å². The van der Waals surface area contributed by atoms with E-state index in [0.29, 0.717) is 5.95 Å². The summed E-state index contributed by atoms with van der Waals surface area (Å²) in [6, 6.07) is 8.09. The number of nitrogens with one attached hydrogen (secondary N) is 2. The molecule has 1 aromatic heterocycles. The normalized spacial score (nSPS) is 15.0. The third-order valence-corrected chi connectivity index (χ3v) is 4.32. The lowest BCUT2D eigenvalue weighted by atomic mass is 10.1. The molecule has 1 fully saturated rings. The third-order valence-electron chi connectivity index (χ3n) is 3.60. The monoisotopic (exact) mass is 377 g/mol. The Bertz CT molecular complexity index is 736. The molecule has 8 heteroatoms. The van der Waals surface area contributed by atoms with Gasteiger partial charge < -0.3 is 10.6 Å². The zero-order valence-corrected chi connectivity index (χ0v) is 14.1. The van der Waals surface area contributed by atoms with Crippen molar-refractivity contribution in [1.82, 2.24) is 9.97 Å². The molecule has 0 spiro atoms. The Kier molecular flexibility index (Phi) is 4.42. The van der Waals surface area contributed by atoms with Gasteiger partial charge in [0.05, 0.1) is 11.0 Å². The summed E-state index contributed by atoms with van der Waals surface area (Å²) in [5.74, 6) is 0.635. The van der Waals surface area contributed by atoms with Gasteiger partial charge >= 0.3 is 5.69 Å². The summed E-state index contributed by atoms with van der Waals surface area (Å²) < 4.78 is 0.984. The number of nitro groups is 1. The molecule has 120 valence electrons. The minimum absolute atomic E-state index is 0.0409. The molecule has 1 atom stereocenters. The van der Waals surface area contributed by atoms with Crippen LogP contribution >= 0.6 is 15.9 Å². The highest BCUT2D eigenvalue weighted by Crippen LogP contribution is 2.30. The van der Waals surface area contributed by atoms with Crippen LogP contribution in [0.15, 0.2) is 34.9 Å². The Hall–Kier alpha value is -2.22. The van der Waals surface area contributed by atoms with Crippen LogP contribution in [0.25, 0.3) is 0 Å². The van der Waals surface area contributed by atoms with Crippen LogP contribution in [0.3, 0.4) is 0 Å². The number of rotatable bonds is 6. The van der Waals surface area contributed by atoms with Gasteiger partial charge in [0, 0.05) is 10.5 Å². The fraction of sp³-hybridized carbons (Fsp3) is 0.333. The van der Waals surface area contributed by atoms with Gasteiger partial charge in [-0.15, -0.1) is 0 Å². The van der Waals surface area contributed by atoms with Gasteiger partial charge in [-0.05, 0) is 31.4 Å². The summed E-state index contributed by atoms with van der Waals surface area (Å²) in [5, 5.41) is 17.4. The van der Waals surface area contributed by atoms with Crippen molar-refractivity contribution >= 4 is 33.4 Å². The van der Waals surface area contributed by atoms with Gasteiger partial charge in [-0.2, -0.15) is 4.98 Å². The predicted octanol–water partition coefficient (Wildman–Crippen LogP) is 3.89. The van der Waals surface area contributed by atoms with Crippen LogP contribution in [0.4, 0.5) is 17.5 Å². The molecule has 1 aromatic carbocycles. The quantitative estimate of drug-likeness (QED) is 0.585. The number of anilines is 2. The molecule has 0 bridgehead atoms. The van der Waals surface area contributed by atoms with Crippen LogP contribution in [0.1, 0.15) is 31.4 Å². The maximum atomic E-state index is 11.1. The number of nitrogens with zero attached hydrogens (tertiary/aromatic N) is 3. The first kappa shape index (κ1) is 15.7. The summed E-state index contributed by atoms with van der Waals surface area (Å²) in [6.45, 7) is 1.98. The van der Waals surface area contributed by atoms with Crippen molar-refractivity contribution in [2.45, 2.75) is 31.8 Å². The maximum absolute atomic E-state index is 11.1. The molecule has 0 saturated heterocycles. The van der Waals surface area contributed by atoms with Crippen LogP contribution in [0.5, 0.6) is 0 Å². The van der Waals surface area contributed by atoms with Gasteiger partial charge in [0.25, 0.3) is 0 Å². The highest BCUT2D eigenvalue weighted by atomic mass is 79.9. The van der Waals surface area contributed by atoms with Crippen LogP contribution in [0, 0.1) is 10.1 Å². The largest absolute Gasteiger partial charge is 0.361 e. The average Bonchev–Trinajstić information content (AvgIpc) is 3.31. The van der Waals surface area contributed by atoms with E-state index >= 15 is 0 Å². The van der Waals surface area contributed by atoms with Crippen molar-refractivity contribution in [2.75, 3.05) is 10.6 Å². The van der Waals surface area contributed by atoms with Crippen molar-refractivity contribution in [3.8, 4) is 0 Å². The number of halogens is 1. The molecule has 2 aromatic rings. The van der Waals surface area contributed by atoms with Crippen molar-refractivity contribution in [3.63, 3.8) is 0 Å². The van der Waals surface area contributed by atoms with Gasteiger partial charge in [0.2, 0.25) is 11.8 Å². The van der Waals surface area contributed by atoms with E-state index in [1.54, 1.807) is 0 Å². The summed E-state index contributed by atoms with van der Waals surface area (Å²) in [7, 11) is 0. The Morgan fingerprint density at radius 1 is 1.39 bits per heavy atom. The number of hydrogen-bond donors (Lipinski definition) is 2. The molecular weight excluding hydrogens is 362 g/mol. The number of aromatic nitrogens is 2. The van der Waals surface area contributed by atoms with Crippen LogP contribution in [-0.4, -0.2) is 20.9 Å². The lowest BCUT2D eigenvalue weighted by Crippen LogP contribution is -2.13. The molecule has 1 saturated carbocycles. The first-order valence-electron chi connectivity index (χ1n) is 7.33. The summed E-state index contributed by atoms with van der Waals surface area (Å²) in [5.41, 5.74) is 0.960. The second kappa shape index (κ2) is 6.49. The molecule has 3 rings (SSSR count). The zero-order chi connectivity index (χ0) is 16.4. The summed E-state index contributed by atoms with van der Waals surface area (Å²) in [4.78, 5) is 19.0. The van der Waals surface area contributed by atoms with E-state index in [-0.39, 0.29) is 23.6 Å². The Balaban J connectivity index is 1.82. The van der Waals surface area contributed by atoms with E-state index in [4.69, 9.17) is 0 Å². The number of hydrogen-bond acceptors (Lipinski definition) is 6. The third kappa shape index (κ3) is 3.76. The van der Waals surface area contributed by atoms with E-state index in [0.717, 1.165) is 22.9 Å². The molecule has 1 unspecified atom stereocenters. The van der Waals surface area contributed by atoms with Crippen molar-refractivity contribution in [3.05, 3.63) is 50.6 Å². The summed E-state index contributed by atoms with van der Waals surface area (Å²) in [6.07, 6.45) is 3.27. The minimum Gasteiger partial charge on any atom is -0.361 e. The molecule has 0 radical (unpaired) electrons. The summed E-state index contributed by atoms with van der Waals surface area (Å²) >= 11 is 3.51. The highest BCUT2D eigenvalue weighted by Gasteiger charge is 2.26. The lowest BCUT2D eigenvalue weighted by molar-refractivity contribution is -0.384. The lowest BCUT2D eigenvalue weighted by Gasteiger charge is -2.16. The van der Waals surface area contributed by atoms with Crippen molar-refractivity contribution < 1.29 is 4.92 Å². The molecule has 1 heterocycles. The molecule has 1 aliphatic carbocycles. The maximum Gasteiger partial charge on any atom is 0.329 e. The van der Waals surface area contributed by atoms with Gasteiger partial charge in [-0.1, -0.05) is 34.1 Å². The van der Waals surface area contributed by atoms with E-state index in [2.05, 4.69) is 36.5 Å². The zero-order valence-electron chi connectivity index (χ0n) is 12.5. The second-order valence-electron chi connectivity index (χ2n) is 5.49. The molecule has 0 amide bonds. The van der Waals surface area contributed by atoms with E-state index in [1.165, 1.54) is 6.20 Å². The second-order valence-corrected chi connectivity index (χ2v) is 6.35. The molecule has 0 aliphatic heterocycles. The highest BCUT2D eigenvalue weighted by molar-refractivity contribution is 9.10. The average molecular weight is 378 g/mol. The van der Waals surface area contributed by atoms with Gasteiger partial charge in [-0.25, -0.2) is 4.98 Å². The Labute approximate surface area is 141 Å². The smallest absolute Gasteiger partial charge is 0.329 e.